The molecular weight excluding hydrogens is 356 g/mol. The number of primary amides is 1. The molecule has 2 aliphatic rings. The molecule has 0 aliphatic carbocycles. The van der Waals surface area contributed by atoms with Crippen molar-refractivity contribution in [3.63, 3.8) is 0 Å². The number of hydrogen-bond acceptors (Lipinski definition) is 7. The van der Waals surface area contributed by atoms with Crippen LogP contribution in [0.1, 0.15) is 5.56 Å². The third-order valence-corrected chi connectivity index (χ3v) is 4.90. The lowest BCUT2D eigenvalue weighted by atomic mass is 10.2. The largest absolute Gasteiger partial charge is 0.493 e. The van der Waals surface area contributed by atoms with Crippen LogP contribution in [0.3, 0.4) is 0 Å². The van der Waals surface area contributed by atoms with Crippen molar-refractivity contribution in [2.45, 2.75) is 0 Å². The fraction of sp³-hybridized carbons (Fsp3) is 0.353. The SMILES string of the molecule is COc1cc(/C=C2/SC(N3CCNCC3)=NC2=O)ccc1OCC(N)=O. The number of thioether (sulfide) groups is 1. The van der Waals surface area contributed by atoms with Gasteiger partial charge in [0.1, 0.15) is 0 Å². The van der Waals surface area contributed by atoms with Crippen LogP contribution in [0.4, 0.5) is 0 Å². The van der Waals surface area contributed by atoms with Crippen molar-refractivity contribution < 1.29 is 19.1 Å². The Kier molecular flexibility index (Phi) is 5.79. The Hall–Kier alpha value is -2.52. The lowest BCUT2D eigenvalue weighted by molar-refractivity contribution is -0.120. The number of carbonyl (C=O) groups excluding carboxylic acids is 2. The Morgan fingerprint density at radius 2 is 2.15 bits per heavy atom. The quantitative estimate of drug-likeness (QED) is 0.718. The number of nitrogens with zero attached hydrogens (tertiary/aromatic N) is 2. The standard InChI is InChI=1S/C17H20N4O4S/c1-24-13-8-11(2-3-12(13)25-10-15(18)22)9-14-16(23)20-17(26-14)21-6-4-19-5-7-21/h2-3,8-9,19H,4-7,10H2,1H3,(H2,18,22)/b14-9+. The highest BCUT2D eigenvalue weighted by Crippen LogP contribution is 2.33. The molecule has 1 fully saturated rings. The number of amidine groups is 1. The van der Waals surface area contributed by atoms with Crippen molar-refractivity contribution in [2.24, 2.45) is 10.7 Å². The minimum atomic E-state index is -0.566. The third kappa shape index (κ3) is 4.36. The van der Waals surface area contributed by atoms with E-state index in [9.17, 15) is 9.59 Å². The van der Waals surface area contributed by atoms with Gasteiger partial charge in [0.2, 0.25) is 0 Å². The summed E-state index contributed by atoms with van der Waals surface area (Å²) in [7, 11) is 1.50. The molecule has 2 aliphatic heterocycles. The molecule has 8 nitrogen and oxygen atoms in total. The number of methoxy groups -OCH3 is 1. The Balaban J connectivity index is 1.73. The van der Waals surface area contributed by atoms with Crippen LogP contribution in [0.15, 0.2) is 28.1 Å². The van der Waals surface area contributed by atoms with Crippen molar-refractivity contribution in [3.05, 3.63) is 28.7 Å². The molecule has 3 rings (SSSR count). The van der Waals surface area contributed by atoms with Gasteiger partial charge in [-0.25, -0.2) is 0 Å². The number of hydrogen-bond donors (Lipinski definition) is 2. The van der Waals surface area contributed by atoms with Gasteiger partial charge in [-0.1, -0.05) is 6.07 Å². The third-order valence-electron chi connectivity index (χ3n) is 3.85. The Bertz CT molecular complexity index is 772. The van der Waals surface area contributed by atoms with Gasteiger partial charge < -0.3 is 25.4 Å². The van der Waals surface area contributed by atoms with Crippen molar-refractivity contribution in [3.8, 4) is 11.5 Å². The summed E-state index contributed by atoms with van der Waals surface area (Å²) in [6.07, 6.45) is 1.77. The Labute approximate surface area is 155 Å². The molecule has 0 bridgehead atoms. The second kappa shape index (κ2) is 8.24. The molecule has 3 N–H and O–H groups in total. The van der Waals surface area contributed by atoms with E-state index in [2.05, 4.69) is 15.2 Å². The van der Waals surface area contributed by atoms with Crippen LogP contribution in [-0.2, 0) is 9.59 Å². The maximum Gasteiger partial charge on any atom is 0.286 e. The maximum absolute atomic E-state index is 12.2. The molecule has 9 heteroatoms. The van der Waals surface area contributed by atoms with Gasteiger partial charge in [-0.05, 0) is 35.5 Å². The summed E-state index contributed by atoms with van der Waals surface area (Å²) in [4.78, 5) is 29.9. The molecule has 0 spiro atoms. The van der Waals surface area contributed by atoms with Gasteiger partial charge in [-0.3, -0.25) is 9.59 Å². The summed E-state index contributed by atoms with van der Waals surface area (Å²) in [5.74, 6) is 0.0660. The zero-order chi connectivity index (χ0) is 18.5. The van der Waals surface area contributed by atoms with Crippen molar-refractivity contribution in [2.75, 3.05) is 39.9 Å². The number of carbonyl (C=O) groups is 2. The fourth-order valence-electron chi connectivity index (χ4n) is 2.58. The number of ether oxygens (including phenoxy) is 2. The van der Waals surface area contributed by atoms with E-state index in [4.69, 9.17) is 15.2 Å². The summed E-state index contributed by atoms with van der Waals surface area (Å²) in [6, 6.07) is 5.19. The highest BCUT2D eigenvalue weighted by molar-refractivity contribution is 8.18. The van der Waals surface area contributed by atoms with Crippen molar-refractivity contribution in [1.82, 2.24) is 10.2 Å². The second-order valence-electron chi connectivity index (χ2n) is 5.71. The average molecular weight is 376 g/mol. The van der Waals surface area contributed by atoms with Gasteiger partial charge in [0, 0.05) is 26.2 Å². The van der Waals surface area contributed by atoms with Gasteiger partial charge in [0.05, 0.1) is 12.0 Å². The number of amides is 2. The number of rotatable bonds is 5. The first-order valence-electron chi connectivity index (χ1n) is 8.14. The first-order valence-corrected chi connectivity index (χ1v) is 8.96. The summed E-state index contributed by atoms with van der Waals surface area (Å²) >= 11 is 1.38. The molecule has 2 amide bonds. The van der Waals surface area contributed by atoms with E-state index in [0.29, 0.717) is 16.4 Å². The van der Waals surface area contributed by atoms with Gasteiger partial charge in [-0.2, -0.15) is 4.99 Å². The number of benzene rings is 1. The molecule has 0 atom stereocenters. The molecule has 1 saturated heterocycles. The summed E-state index contributed by atoms with van der Waals surface area (Å²) in [5.41, 5.74) is 5.86. The van der Waals surface area contributed by atoms with Crippen molar-refractivity contribution in [1.29, 1.82) is 0 Å². The van der Waals surface area contributed by atoms with Crippen LogP contribution in [0.5, 0.6) is 11.5 Å². The first kappa shape index (κ1) is 18.3. The lowest BCUT2D eigenvalue weighted by Gasteiger charge is -2.27. The van der Waals surface area contributed by atoms with Gasteiger partial charge >= 0.3 is 0 Å². The van der Waals surface area contributed by atoms with Gasteiger partial charge in [0.15, 0.2) is 23.3 Å². The summed E-state index contributed by atoms with van der Waals surface area (Å²) < 4.78 is 10.6. The molecule has 1 aromatic carbocycles. The van der Waals surface area contributed by atoms with Crippen LogP contribution < -0.4 is 20.5 Å². The van der Waals surface area contributed by atoms with E-state index < -0.39 is 5.91 Å². The average Bonchev–Trinajstić information content (AvgIpc) is 3.01. The number of aliphatic imine (C=N–C) groups is 1. The molecule has 1 aromatic rings. The molecule has 26 heavy (non-hydrogen) atoms. The zero-order valence-corrected chi connectivity index (χ0v) is 15.2. The number of piperazine rings is 1. The number of nitrogens with one attached hydrogen (secondary N) is 1. The van der Waals surface area contributed by atoms with Gasteiger partial charge in [0.25, 0.3) is 11.8 Å². The first-order chi connectivity index (χ1) is 12.6. The monoisotopic (exact) mass is 376 g/mol. The molecule has 0 aromatic heterocycles. The van der Waals surface area contributed by atoms with Crippen LogP contribution in [0.2, 0.25) is 0 Å². The number of nitrogens with two attached hydrogens (primary N) is 1. The van der Waals surface area contributed by atoms with E-state index in [-0.39, 0.29) is 12.5 Å². The van der Waals surface area contributed by atoms with Gasteiger partial charge in [-0.15, -0.1) is 0 Å². The minimum Gasteiger partial charge on any atom is -0.493 e. The molecule has 0 radical (unpaired) electrons. The van der Waals surface area contributed by atoms with Crippen LogP contribution in [0, 0.1) is 0 Å². The van der Waals surface area contributed by atoms with Crippen molar-refractivity contribution >= 4 is 34.8 Å². The van der Waals surface area contributed by atoms with E-state index in [1.54, 1.807) is 24.3 Å². The maximum atomic E-state index is 12.2. The van der Waals surface area contributed by atoms with E-state index in [1.807, 2.05) is 0 Å². The Morgan fingerprint density at radius 1 is 1.38 bits per heavy atom. The van der Waals surface area contributed by atoms with Crippen LogP contribution >= 0.6 is 11.8 Å². The predicted octanol–water partition coefficient (Wildman–Crippen LogP) is 0.435. The summed E-state index contributed by atoms with van der Waals surface area (Å²) in [6.45, 7) is 3.22. The topological polar surface area (TPSA) is 106 Å². The lowest BCUT2D eigenvalue weighted by Crippen LogP contribution is -2.45. The second-order valence-corrected chi connectivity index (χ2v) is 6.72. The predicted molar refractivity (Wildman–Crippen MR) is 100 cm³/mol. The highest BCUT2D eigenvalue weighted by atomic mass is 32.2. The molecule has 0 saturated carbocycles. The van der Waals surface area contributed by atoms with E-state index in [0.717, 1.165) is 36.9 Å². The highest BCUT2D eigenvalue weighted by Gasteiger charge is 2.26. The molecule has 138 valence electrons. The Morgan fingerprint density at radius 3 is 2.85 bits per heavy atom. The molecule has 2 heterocycles. The zero-order valence-electron chi connectivity index (χ0n) is 14.4. The summed E-state index contributed by atoms with van der Waals surface area (Å²) in [5, 5.41) is 4.02. The van der Waals surface area contributed by atoms with E-state index >= 15 is 0 Å². The molecule has 0 unspecified atom stereocenters. The van der Waals surface area contributed by atoms with Crippen LogP contribution in [-0.4, -0.2) is 61.8 Å². The minimum absolute atomic E-state index is 0.229. The van der Waals surface area contributed by atoms with E-state index in [1.165, 1.54) is 18.9 Å². The fourth-order valence-corrected chi connectivity index (χ4v) is 3.55. The normalized spacial score (nSPS) is 18.8. The smallest absolute Gasteiger partial charge is 0.286 e. The molecular formula is C17H20N4O4S. The van der Waals surface area contributed by atoms with Crippen LogP contribution in [0.25, 0.3) is 6.08 Å².